The predicted octanol–water partition coefficient (Wildman–Crippen LogP) is 4.15. The van der Waals surface area contributed by atoms with Crippen molar-refractivity contribution in [1.82, 2.24) is 19.8 Å². The van der Waals surface area contributed by atoms with Crippen LogP contribution in [0, 0.1) is 17.5 Å². The summed E-state index contributed by atoms with van der Waals surface area (Å²) in [6.45, 7) is 0.469. The minimum absolute atomic E-state index is 0.201. The van der Waals surface area contributed by atoms with E-state index in [2.05, 4.69) is 20.6 Å². The van der Waals surface area contributed by atoms with Gasteiger partial charge < -0.3 is 10.1 Å². The average molecular weight is 411 g/mol. The highest BCUT2D eigenvalue weighted by atomic mass is 19.2. The fourth-order valence-electron chi connectivity index (χ4n) is 3.62. The Morgan fingerprint density at radius 3 is 2.63 bits per heavy atom. The molecule has 0 aliphatic carbocycles. The zero-order chi connectivity index (χ0) is 20.7. The Balaban J connectivity index is 1.46. The number of benzene rings is 2. The van der Waals surface area contributed by atoms with Crippen molar-refractivity contribution in [3.63, 3.8) is 0 Å². The van der Waals surface area contributed by atoms with Gasteiger partial charge in [0.15, 0.2) is 23.1 Å². The molecule has 1 aliphatic heterocycles. The van der Waals surface area contributed by atoms with E-state index in [4.69, 9.17) is 4.74 Å². The van der Waals surface area contributed by atoms with Crippen molar-refractivity contribution >= 4 is 11.5 Å². The third-order valence-corrected chi connectivity index (χ3v) is 5.07. The molecule has 30 heavy (non-hydrogen) atoms. The van der Waals surface area contributed by atoms with Gasteiger partial charge >= 0.3 is 0 Å². The predicted molar refractivity (Wildman–Crippen MR) is 103 cm³/mol. The molecule has 2 unspecified atom stereocenters. The van der Waals surface area contributed by atoms with Crippen molar-refractivity contribution in [2.75, 3.05) is 11.9 Å². The first kappa shape index (κ1) is 18.6. The summed E-state index contributed by atoms with van der Waals surface area (Å²) in [6, 6.07) is 13.3. The van der Waals surface area contributed by atoms with E-state index in [1.165, 1.54) is 16.6 Å². The molecule has 2 atom stereocenters. The largest absolute Gasteiger partial charge is 0.371 e. The van der Waals surface area contributed by atoms with Crippen LogP contribution < -0.4 is 5.32 Å². The van der Waals surface area contributed by atoms with Crippen LogP contribution in [0.1, 0.15) is 18.1 Å². The summed E-state index contributed by atoms with van der Waals surface area (Å²) in [4.78, 5) is 0. The lowest BCUT2D eigenvalue weighted by atomic mass is 10.0. The number of anilines is 1. The van der Waals surface area contributed by atoms with Crippen LogP contribution >= 0.6 is 0 Å². The first-order valence-corrected chi connectivity index (χ1v) is 9.40. The zero-order valence-electron chi connectivity index (χ0n) is 15.6. The molecule has 2 aromatic carbocycles. The van der Waals surface area contributed by atoms with Gasteiger partial charge in [-0.2, -0.15) is 4.52 Å². The molecule has 1 N–H and O–H groups in total. The molecule has 0 radical (unpaired) electrons. The second-order valence-electron chi connectivity index (χ2n) is 7.00. The molecule has 0 saturated carbocycles. The molecule has 0 amide bonds. The average Bonchev–Trinajstić information content (AvgIpc) is 3.37. The molecule has 1 saturated heterocycles. The summed E-state index contributed by atoms with van der Waals surface area (Å²) in [5.74, 6) is -1.45. The van der Waals surface area contributed by atoms with Crippen molar-refractivity contribution in [2.24, 2.45) is 0 Å². The van der Waals surface area contributed by atoms with E-state index in [9.17, 15) is 13.2 Å². The number of ether oxygens (including phenoxy) is 1. The molecule has 0 spiro atoms. The van der Waals surface area contributed by atoms with Crippen LogP contribution in [-0.4, -0.2) is 32.5 Å². The highest BCUT2D eigenvalue weighted by Gasteiger charge is 2.30. The number of hydrogen-bond acceptors (Lipinski definition) is 5. The van der Waals surface area contributed by atoms with Gasteiger partial charge in [0.2, 0.25) is 0 Å². The van der Waals surface area contributed by atoms with E-state index in [-0.39, 0.29) is 11.9 Å². The van der Waals surface area contributed by atoms with Gasteiger partial charge in [-0.1, -0.05) is 18.2 Å². The molecule has 5 rings (SSSR count). The Morgan fingerprint density at radius 2 is 1.80 bits per heavy atom. The van der Waals surface area contributed by atoms with Gasteiger partial charge in [-0.3, -0.25) is 0 Å². The van der Waals surface area contributed by atoms with E-state index in [0.29, 0.717) is 35.6 Å². The van der Waals surface area contributed by atoms with Gasteiger partial charge in [0.1, 0.15) is 17.7 Å². The van der Waals surface area contributed by atoms with Gasteiger partial charge in [-0.25, -0.2) is 13.2 Å². The maximum absolute atomic E-state index is 14.2. The smallest absolute Gasteiger partial charge is 0.188 e. The summed E-state index contributed by atoms with van der Waals surface area (Å²) in [6.07, 6.45) is 0.204. The van der Waals surface area contributed by atoms with Crippen LogP contribution in [0.15, 0.2) is 54.6 Å². The maximum atomic E-state index is 14.2. The lowest BCUT2D eigenvalue weighted by Crippen LogP contribution is -2.24. The summed E-state index contributed by atoms with van der Waals surface area (Å²) < 4.78 is 48.3. The topological polar surface area (TPSA) is 64.3 Å². The van der Waals surface area contributed by atoms with E-state index in [1.54, 1.807) is 30.3 Å². The van der Waals surface area contributed by atoms with Crippen molar-refractivity contribution in [2.45, 2.75) is 18.6 Å². The van der Waals surface area contributed by atoms with E-state index >= 15 is 0 Å². The normalized spacial score (nSPS) is 18.8. The second kappa shape index (κ2) is 7.42. The maximum Gasteiger partial charge on any atom is 0.188 e. The molecule has 4 aromatic rings. The van der Waals surface area contributed by atoms with Gasteiger partial charge in [0, 0.05) is 6.61 Å². The minimum Gasteiger partial charge on any atom is -0.371 e. The number of nitrogens with one attached hydrogen (secondary N) is 1. The SMILES string of the molecule is Fc1ccc(C2OCCC2Nc2ccc3nnc(-c4ccccc4F)n3n2)cc1F. The Bertz CT molecular complexity index is 1230. The summed E-state index contributed by atoms with van der Waals surface area (Å²) in [5.41, 5.74) is 1.30. The van der Waals surface area contributed by atoms with Crippen LogP contribution in [0.25, 0.3) is 17.0 Å². The lowest BCUT2D eigenvalue weighted by Gasteiger charge is -2.21. The van der Waals surface area contributed by atoms with Crippen LogP contribution in [0.4, 0.5) is 19.0 Å². The number of rotatable bonds is 4. The van der Waals surface area contributed by atoms with Crippen molar-refractivity contribution in [1.29, 1.82) is 0 Å². The Morgan fingerprint density at radius 1 is 0.933 bits per heavy atom. The van der Waals surface area contributed by atoms with E-state index in [0.717, 1.165) is 12.1 Å². The van der Waals surface area contributed by atoms with Crippen molar-refractivity contribution in [3.05, 3.63) is 77.6 Å². The van der Waals surface area contributed by atoms with Crippen LogP contribution in [-0.2, 0) is 4.74 Å². The number of fused-ring (bicyclic) bond motifs is 1. The monoisotopic (exact) mass is 411 g/mol. The molecule has 9 heteroatoms. The Kier molecular flexibility index (Phi) is 4.59. The molecule has 3 heterocycles. The van der Waals surface area contributed by atoms with Gasteiger partial charge in [0.05, 0.1) is 11.6 Å². The van der Waals surface area contributed by atoms with Gasteiger partial charge in [0.25, 0.3) is 0 Å². The second-order valence-corrected chi connectivity index (χ2v) is 7.00. The highest BCUT2D eigenvalue weighted by molar-refractivity contribution is 5.60. The molecular formula is C21H16F3N5O. The highest BCUT2D eigenvalue weighted by Crippen LogP contribution is 2.32. The fourth-order valence-corrected chi connectivity index (χ4v) is 3.62. The third kappa shape index (κ3) is 3.26. The molecule has 1 aliphatic rings. The molecule has 0 bridgehead atoms. The minimum atomic E-state index is -0.916. The van der Waals surface area contributed by atoms with Crippen LogP contribution in [0.5, 0.6) is 0 Å². The van der Waals surface area contributed by atoms with Crippen LogP contribution in [0.2, 0.25) is 0 Å². The van der Waals surface area contributed by atoms with Crippen molar-refractivity contribution in [3.8, 4) is 11.4 Å². The Labute approximate surface area is 169 Å². The number of aromatic nitrogens is 4. The molecule has 2 aromatic heterocycles. The summed E-state index contributed by atoms with van der Waals surface area (Å²) in [5, 5.41) is 15.9. The standard InChI is InChI=1S/C21H16F3N5O/c22-14-4-2-1-3-13(14)21-27-26-19-8-7-18(28-29(19)21)25-17-9-10-30-20(17)12-5-6-15(23)16(24)11-12/h1-8,11,17,20H,9-10H2,(H,25,28). The van der Waals surface area contributed by atoms with E-state index < -0.39 is 23.6 Å². The summed E-state index contributed by atoms with van der Waals surface area (Å²) in [7, 11) is 0. The molecule has 6 nitrogen and oxygen atoms in total. The third-order valence-electron chi connectivity index (χ3n) is 5.07. The van der Waals surface area contributed by atoms with Gasteiger partial charge in [-0.15, -0.1) is 15.3 Å². The Hall–Kier alpha value is -3.46. The summed E-state index contributed by atoms with van der Waals surface area (Å²) >= 11 is 0. The van der Waals surface area contributed by atoms with Crippen molar-refractivity contribution < 1.29 is 17.9 Å². The van der Waals surface area contributed by atoms with Gasteiger partial charge in [-0.05, 0) is 48.4 Å². The molecular weight excluding hydrogens is 395 g/mol. The molecule has 1 fully saturated rings. The first-order chi connectivity index (χ1) is 14.6. The fraction of sp³-hybridized carbons (Fsp3) is 0.190. The zero-order valence-corrected chi connectivity index (χ0v) is 15.6. The number of hydrogen-bond donors (Lipinski definition) is 1. The lowest BCUT2D eigenvalue weighted by molar-refractivity contribution is 0.107. The quantitative estimate of drug-likeness (QED) is 0.547. The number of nitrogens with zero attached hydrogens (tertiary/aromatic N) is 4. The number of halogens is 3. The van der Waals surface area contributed by atoms with E-state index in [1.807, 2.05) is 0 Å². The van der Waals surface area contributed by atoms with Crippen LogP contribution in [0.3, 0.4) is 0 Å². The molecule has 152 valence electrons. The first-order valence-electron chi connectivity index (χ1n) is 9.40.